The number of halogens is 1. The molecule has 1 fully saturated rings. The van der Waals surface area contributed by atoms with Crippen molar-refractivity contribution in [3.05, 3.63) is 18.1 Å². The number of piperidine rings is 1. The van der Waals surface area contributed by atoms with Gasteiger partial charge in [0.1, 0.15) is 12.1 Å². The molecule has 0 spiro atoms. The van der Waals surface area contributed by atoms with Crippen molar-refractivity contribution in [3.63, 3.8) is 0 Å². The number of aromatic nitrogens is 2. The number of hydrogen-bond donors (Lipinski definition) is 2. The third-order valence-electron chi connectivity index (χ3n) is 3.64. The lowest BCUT2D eigenvalue weighted by Crippen LogP contribution is -2.54. The first kappa shape index (κ1) is 17.6. The summed E-state index contributed by atoms with van der Waals surface area (Å²) in [5, 5.41) is 12.2. The van der Waals surface area contributed by atoms with Crippen LogP contribution in [0.2, 0.25) is 0 Å². The third-order valence-corrected chi connectivity index (χ3v) is 4.20. The minimum absolute atomic E-state index is 0. The van der Waals surface area contributed by atoms with Crippen molar-refractivity contribution in [2.45, 2.75) is 32.2 Å². The molecule has 0 bridgehead atoms. The van der Waals surface area contributed by atoms with E-state index in [1.165, 1.54) is 11.8 Å². The number of amidine groups is 1. The maximum absolute atomic E-state index is 8.27. The Hall–Kier alpha value is -0.410. The van der Waals surface area contributed by atoms with Crippen LogP contribution in [-0.4, -0.2) is 40.0 Å². The Morgan fingerprint density at radius 3 is 2.60 bits per heavy atom. The van der Waals surface area contributed by atoms with Gasteiger partial charge in [-0.2, -0.15) is 0 Å². The van der Waals surface area contributed by atoms with Crippen LogP contribution in [0.4, 0.5) is 5.82 Å². The molecule has 20 heavy (non-hydrogen) atoms. The van der Waals surface area contributed by atoms with E-state index in [2.05, 4.69) is 27.1 Å². The van der Waals surface area contributed by atoms with Gasteiger partial charge >= 0.3 is 0 Å². The number of nitrogens with one attached hydrogen (secondary N) is 2. The Morgan fingerprint density at radius 2 is 2.05 bits per heavy atom. The van der Waals surface area contributed by atoms with Crippen LogP contribution >= 0.6 is 35.7 Å². The number of aryl methyl sites for hydroxylation is 1. The molecule has 5 nitrogen and oxygen atoms in total. The SMILES string of the molecule is CSC(=N)N(c1cc(C)ncn1)C1(C)CCNCC1.I. The summed E-state index contributed by atoms with van der Waals surface area (Å²) in [7, 11) is 0. The minimum atomic E-state index is -0.0495. The molecule has 2 N–H and O–H groups in total. The Kier molecular flexibility index (Phi) is 6.67. The van der Waals surface area contributed by atoms with Gasteiger partial charge in [-0.25, -0.2) is 9.97 Å². The molecular formula is C13H22IN5S. The zero-order valence-corrected chi connectivity index (χ0v) is 15.3. The van der Waals surface area contributed by atoms with Gasteiger partial charge in [0.15, 0.2) is 5.17 Å². The summed E-state index contributed by atoms with van der Waals surface area (Å²) in [5.74, 6) is 0.830. The van der Waals surface area contributed by atoms with Crippen LogP contribution < -0.4 is 10.2 Å². The average Bonchev–Trinajstić information content (AvgIpc) is 2.39. The largest absolute Gasteiger partial charge is 0.317 e. The van der Waals surface area contributed by atoms with Crippen LogP contribution in [0.1, 0.15) is 25.5 Å². The topological polar surface area (TPSA) is 64.9 Å². The maximum Gasteiger partial charge on any atom is 0.162 e. The van der Waals surface area contributed by atoms with Gasteiger partial charge in [0.05, 0.1) is 0 Å². The summed E-state index contributed by atoms with van der Waals surface area (Å²) in [6.07, 6.45) is 5.54. The molecule has 112 valence electrons. The molecule has 1 aliphatic rings. The van der Waals surface area contributed by atoms with Crippen molar-refractivity contribution in [3.8, 4) is 0 Å². The van der Waals surface area contributed by atoms with Gasteiger partial charge in [0.2, 0.25) is 0 Å². The number of anilines is 1. The predicted molar refractivity (Wildman–Crippen MR) is 96.4 cm³/mol. The summed E-state index contributed by atoms with van der Waals surface area (Å²) in [6, 6.07) is 1.96. The van der Waals surface area contributed by atoms with Crippen molar-refractivity contribution in [1.82, 2.24) is 15.3 Å². The summed E-state index contributed by atoms with van der Waals surface area (Å²) in [4.78, 5) is 10.6. The zero-order valence-electron chi connectivity index (χ0n) is 12.1. The van der Waals surface area contributed by atoms with E-state index in [0.29, 0.717) is 5.17 Å². The maximum atomic E-state index is 8.27. The molecule has 1 aromatic rings. The lowest BCUT2D eigenvalue weighted by molar-refractivity contribution is 0.337. The van der Waals surface area contributed by atoms with Gasteiger partial charge in [-0.1, -0.05) is 11.8 Å². The van der Waals surface area contributed by atoms with E-state index in [-0.39, 0.29) is 29.5 Å². The highest BCUT2D eigenvalue weighted by Crippen LogP contribution is 2.32. The first-order valence-corrected chi connectivity index (χ1v) is 7.71. The van der Waals surface area contributed by atoms with E-state index in [1.54, 1.807) is 6.33 Å². The number of nitrogens with zero attached hydrogens (tertiary/aromatic N) is 3. The molecule has 1 aromatic heterocycles. The molecule has 0 radical (unpaired) electrons. The van der Waals surface area contributed by atoms with E-state index in [4.69, 9.17) is 5.41 Å². The van der Waals surface area contributed by atoms with Crippen LogP contribution in [0.15, 0.2) is 12.4 Å². The fourth-order valence-corrected chi connectivity index (χ4v) is 2.97. The molecule has 2 heterocycles. The highest BCUT2D eigenvalue weighted by atomic mass is 127. The normalized spacial score (nSPS) is 17.1. The number of thioether (sulfide) groups is 1. The zero-order chi connectivity index (χ0) is 13.9. The fraction of sp³-hybridized carbons (Fsp3) is 0.615. The molecule has 1 aliphatic heterocycles. The predicted octanol–water partition coefficient (Wildman–Crippen LogP) is 2.65. The summed E-state index contributed by atoms with van der Waals surface area (Å²) < 4.78 is 0. The van der Waals surface area contributed by atoms with E-state index < -0.39 is 0 Å². The smallest absolute Gasteiger partial charge is 0.162 e. The first-order chi connectivity index (χ1) is 9.07. The van der Waals surface area contributed by atoms with Crippen molar-refractivity contribution in [2.75, 3.05) is 24.2 Å². The molecule has 0 unspecified atom stereocenters. The Balaban J connectivity index is 0.00000200. The highest BCUT2D eigenvalue weighted by molar-refractivity contribution is 14.0. The quantitative estimate of drug-likeness (QED) is 0.448. The Bertz CT molecular complexity index is 462. The van der Waals surface area contributed by atoms with Gasteiger partial charge in [-0.3, -0.25) is 10.3 Å². The Labute approximate surface area is 141 Å². The number of rotatable bonds is 2. The van der Waals surface area contributed by atoms with Crippen molar-refractivity contribution < 1.29 is 0 Å². The van der Waals surface area contributed by atoms with Gasteiger partial charge in [0, 0.05) is 17.3 Å². The van der Waals surface area contributed by atoms with Gasteiger partial charge in [0.25, 0.3) is 0 Å². The van der Waals surface area contributed by atoms with E-state index >= 15 is 0 Å². The fourth-order valence-electron chi connectivity index (χ4n) is 2.47. The average molecular weight is 407 g/mol. The second-order valence-corrected chi connectivity index (χ2v) is 5.90. The van der Waals surface area contributed by atoms with Crippen LogP contribution in [0.3, 0.4) is 0 Å². The second-order valence-electron chi connectivity index (χ2n) is 5.11. The molecular weight excluding hydrogens is 385 g/mol. The highest BCUT2D eigenvalue weighted by Gasteiger charge is 2.36. The lowest BCUT2D eigenvalue weighted by Gasteiger charge is -2.44. The van der Waals surface area contributed by atoms with Crippen molar-refractivity contribution in [2.24, 2.45) is 0 Å². The van der Waals surface area contributed by atoms with Crippen LogP contribution in [0.25, 0.3) is 0 Å². The summed E-state index contributed by atoms with van der Waals surface area (Å²) in [5.41, 5.74) is 0.882. The molecule has 0 atom stereocenters. The van der Waals surface area contributed by atoms with Crippen LogP contribution in [0, 0.1) is 12.3 Å². The standard InChI is InChI=1S/C13H21N5S.HI/c1-10-8-11(17-9-16-10)18(12(14)19-3)13(2)4-6-15-7-5-13;/h8-9,14-15H,4-7H2,1-3H3;1H. The number of hydrogen-bond acceptors (Lipinski definition) is 5. The van der Waals surface area contributed by atoms with E-state index in [9.17, 15) is 0 Å². The molecule has 0 amide bonds. The van der Waals surface area contributed by atoms with Crippen LogP contribution in [-0.2, 0) is 0 Å². The second kappa shape index (κ2) is 7.56. The minimum Gasteiger partial charge on any atom is -0.317 e. The molecule has 2 rings (SSSR count). The molecule has 0 aliphatic carbocycles. The molecule has 1 saturated heterocycles. The molecule has 7 heteroatoms. The summed E-state index contributed by atoms with van der Waals surface area (Å²) in [6.45, 7) is 6.14. The molecule has 0 aromatic carbocycles. The van der Waals surface area contributed by atoms with Crippen molar-refractivity contribution >= 4 is 46.7 Å². The van der Waals surface area contributed by atoms with Crippen molar-refractivity contribution in [1.29, 1.82) is 5.41 Å². The van der Waals surface area contributed by atoms with E-state index in [1.807, 2.05) is 19.2 Å². The summed E-state index contributed by atoms with van der Waals surface area (Å²) >= 11 is 1.45. The van der Waals surface area contributed by atoms with Gasteiger partial charge in [-0.05, 0) is 46.0 Å². The van der Waals surface area contributed by atoms with Gasteiger partial charge in [-0.15, -0.1) is 24.0 Å². The van der Waals surface area contributed by atoms with Gasteiger partial charge < -0.3 is 5.32 Å². The molecule has 0 saturated carbocycles. The lowest BCUT2D eigenvalue weighted by atomic mass is 9.89. The first-order valence-electron chi connectivity index (χ1n) is 6.49. The van der Waals surface area contributed by atoms with E-state index in [0.717, 1.165) is 37.4 Å². The third kappa shape index (κ3) is 3.82. The monoisotopic (exact) mass is 407 g/mol. The Morgan fingerprint density at radius 1 is 1.40 bits per heavy atom. The van der Waals surface area contributed by atoms with Crippen LogP contribution in [0.5, 0.6) is 0 Å².